The molecule has 6 heteroatoms. The molecule has 1 heterocycles. The molecule has 6 nitrogen and oxygen atoms in total. The van der Waals surface area contributed by atoms with E-state index in [1.807, 2.05) is 54.6 Å². The maximum absolute atomic E-state index is 13.0. The number of hydrogen-bond acceptors (Lipinski definition) is 3. The number of fused-ring (bicyclic) bond motifs is 2. The van der Waals surface area contributed by atoms with Crippen LogP contribution in [0.15, 0.2) is 54.6 Å². The summed E-state index contributed by atoms with van der Waals surface area (Å²) in [4.78, 5) is 38.6. The smallest absolute Gasteiger partial charge is 0.325 e. The SMILES string of the molecule is O=C(CN1C(=O)N[C@]2(CCc3ccccc32)C1=O)NCc1ccccc1. The van der Waals surface area contributed by atoms with Gasteiger partial charge in [-0.15, -0.1) is 0 Å². The van der Waals surface area contributed by atoms with Gasteiger partial charge in [0.25, 0.3) is 5.91 Å². The molecule has 1 spiro atoms. The zero-order chi connectivity index (χ0) is 18.1. The first kappa shape index (κ1) is 16.3. The molecule has 2 aromatic rings. The summed E-state index contributed by atoms with van der Waals surface area (Å²) >= 11 is 0. The van der Waals surface area contributed by atoms with E-state index in [9.17, 15) is 14.4 Å². The number of imide groups is 1. The molecule has 0 bridgehead atoms. The fourth-order valence-electron chi connectivity index (χ4n) is 3.73. The van der Waals surface area contributed by atoms with Crippen molar-refractivity contribution >= 4 is 17.8 Å². The number of nitrogens with zero attached hydrogens (tertiary/aromatic N) is 1. The molecule has 4 rings (SSSR count). The topological polar surface area (TPSA) is 78.5 Å². The van der Waals surface area contributed by atoms with E-state index in [4.69, 9.17) is 0 Å². The highest BCUT2D eigenvalue weighted by Gasteiger charge is 2.55. The molecule has 0 saturated carbocycles. The number of benzene rings is 2. The van der Waals surface area contributed by atoms with Crippen molar-refractivity contribution in [2.45, 2.75) is 24.9 Å². The molecule has 2 N–H and O–H groups in total. The van der Waals surface area contributed by atoms with Gasteiger partial charge in [0.05, 0.1) is 0 Å². The lowest BCUT2D eigenvalue weighted by molar-refractivity contribution is -0.135. The van der Waals surface area contributed by atoms with Gasteiger partial charge in [0.15, 0.2) is 0 Å². The number of nitrogens with one attached hydrogen (secondary N) is 2. The summed E-state index contributed by atoms with van der Waals surface area (Å²) in [5, 5.41) is 5.57. The molecule has 1 saturated heterocycles. The van der Waals surface area contributed by atoms with Crippen LogP contribution in [-0.4, -0.2) is 29.3 Å². The van der Waals surface area contributed by atoms with Crippen LogP contribution in [0.5, 0.6) is 0 Å². The first-order chi connectivity index (χ1) is 12.6. The van der Waals surface area contributed by atoms with Crippen LogP contribution >= 0.6 is 0 Å². The molecular formula is C20H19N3O3. The molecule has 0 aromatic heterocycles. The van der Waals surface area contributed by atoms with Crippen molar-refractivity contribution in [1.29, 1.82) is 0 Å². The molecule has 0 unspecified atom stereocenters. The minimum atomic E-state index is -1.02. The summed E-state index contributed by atoms with van der Waals surface area (Å²) in [7, 11) is 0. The van der Waals surface area contributed by atoms with E-state index in [2.05, 4.69) is 10.6 Å². The Morgan fingerprint density at radius 2 is 1.81 bits per heavy atom. The van der Waals surface area contributed by atoms with Crippen LogP contribution in [0.2, 0.25) is 0 Å². The van der Waals surface area contributed by atoms with E-state index in [-0.39, 0.29) is 18.4 Å². The number of urea groups is 1. The number of rotatable bonds is 4. The standard InChI is InChI=1S/C20H19N3O3/c24-17(21-12-14-6-2-1-3-7-14)13-23-18(25)20(22-19(23)26)11-10-15-8-4-5-9-16(15)20/h1-9H,10-13H2,(H,21,24)(H,22,26)/t20-/m0/s1. The highest BCUT2D eigenvalue weighted by molar-refractivity contribution is 6.09. The van der Waals surface area contributed by atoms with Gasteiger partial charge in [-0.1, -0.05) is 54.6 Å². The van der Waals surface area contributed by atoms with Crippen molar-refractivity contribution in [3.05, 3.63) is 71.3 Å². The van der Waals surface area contributed by atoms with E-state index in [1.165, 1.54) is 0 Å². The molecule has 1 aliphatic carbocycles. The normalized spacial score (nSPS) is 21.0. The fraction of sp³-hybridized carbons (Fsp3) is 0.250. The van der Waals surface area contributed by atoms with Gasteiger partial charge in [0.1, 0.15) is 12.1 Å². The summed E-state index contributed by atoms with van der Waals surface area (Å²) < 4.78 is 0. The summed E-state index contributed by atoms with van der Waals surface area (Å²) in [6, 6.07) is 16.6. The summed E-state index contributed by atoms with van der Waals surface area (Å²) in [5.74, 6) is -0.706. The first-order valence-corrected chi connectivity index (χ1v) is 8.63. The third-order valence-electron chi connectivity index (χ3n) is 5.06. The Morgan fingerprint density at radius 3 is 2.62 bits per heavy atom. The van der Waals surface area contributed by atoms with Crippen LogP contribution in [-0.2, 0) is 28.1 Å². The second-order valence-corrected chi connectivity index (χ2v) is 6.65. The number of amides is 4. The minimum absolute atomic E-state index is 0.276. The van der Waals surface area contributed by atoms with Crippen LogP contribution in [0.1, 0.15) is 23.1 Å². The van der Waals surface area contributed by atoms with Gasteiger partial charge in [0.2, 0.25) is 5.91 Å². The Labute approximate surface area is 151 Å². The second-order valence-electron chi connectivity index (χ2n) is 6.65. The minimum Gasteiger partial charge on any atom is -0.350 e. The summed E-state index contributed by atoms with van der Waals surface area (Å²) in [5.41, 5.74) is 1.84. The highest BCUT2D eigenvalue weighted by Crippen LogP contribution is 2.41. The van der Waals surface area contributed by atoms with Crippen molar-refractivity contribution in [2.75, 3.05) is 6.54 Å². The Morgan fingerprint density at radius 1 is 1.08 bits per heavy atom. The van der Waals surface area contributed by atoms with Crippen LogP contribution in [0.3, 0.4) is 0 Å². The molecule has 2 aromatic carbocycles. The van der Waals surface area contributed by atoms with E-state index in [0.29, 0.717) is 13.0 Å². The predicted octanol–water partition coefficient (Wildman–Crippen LogP) is 1.70. The molecule has 4 amide bonds. The number of carbonyl (C=O) groups is 3. The van der Waals surface area contributed by atoms with Crippen molar-refractivity contribution in [2.24, 2.45) is 0 Å². The molecule has 0 radical (unpaired) electrons. The maximum Gasteiger partial charge on any atom is 0.325 e. The monoisotopic (exact) mass is 349 g/mol. The van der Waals surface area contributed by atoms with Crippen LogP contribution in [0, 0.1) is 0 Å². The zero-order valence-electron chi connectivity index (χ0n) is 14.2. The zero-order valence-corrected chi connectivity index (χ0v) is 14.2. The molecular weight excluding hydrogens is 330 g/mol. The average Bonchev–Trinajstić information content (AvgIpc) is 3.15. The molecule has 1 atom stereocenters. The Bertz CT molecular complexity index is 881. The van der Waals surface area contributed by atoms with Gasteiger partial charge in [0, 0.05) is 6.54 Å². The van der Waals surface area contributed by atoms with Crippen molar-refractivity contribution in [3.8, 4) is 0 Å². The van der Waals surface area contributed by atoms with Crippen molar-refractivity contribution in [1.82, 2.24) is 15.5 Å². The Hall–Kier alpha value is -3.15. The molecule has 132 valence electrons. The van der Waals surface area contributed by atoms with E-state index in [1.54, 1.807) is 0 Å². The lowest BCUT2D eigenvalue weighted by Gasteiger charge is -2.22. The third kappa shape index (κ3) is 2.63. The number of aryl methyl sites for hydroxylation is 1. The summed E-state index contributed by atoms with van der Waals surface area (Å²) in [6.07, 6.45) is 1.26. The van der Waals surface area contributed by atoms with Gasteiger partial charge < -0.3 is 10.6 Å². The van der Waals surface area contributed by atoms with Gasteiger partial charge in [-0.05, 0) is 29.5 Å². The Balaban J connectivity index is 1.46. The van der Waals surface area contributed by atoms with Gasteiger partial charge in [-0.25, -0.2) is 4.79 Å². The maximum atomic E-state index is 13.0. The van der Waals surface area contributed by atoms with Gasteiger partial charge in [-0.3, -0.25) is 14.5 Å². The molecule has 2 aliphatic rings. The van der Waals surface area contributed by atoms with Crippen molar-refractivity contribution < 1.29 is 14.4 Å². The van der Waals surface area contributed by atoms with Gasteiger partial charge >= 0.3 is 6.03 Å². The Kier molecular flexibility index (Phi) is 3.95. The van der Waals surface area contributed by atoms with Gasteiger partial charge in [-0.2, -0.15) is 0 Å². The quantitative estimate of drug-likeness (QED) is 0.825. The first-order valence-electron chi connectivity index (χ1n) is 8.63. The molecule has 26 heavy (non-hydrogen) atoms. The van der Waals surface area contributed by atoms with E-state index in [0.717, 1.165) is 28.0 Å². The van der Waals surface area contributed by atoms with E-state index >= 15 is 0 Å². The van der Waals surface area contributed by atoms with Crippen molar-refractivity contribution in [3.63, 3.8) is 0 Å². The molecule has 1 aliphatic heterocycles. The third-order valence-corrected chi connectivity index (χ3v) is 5.06. The van der Waals surface area contributed by atoms with Crippen LogP contribution in [0.4, 0.5) is 4.79 Å². The lowest BCUT2D eigenvalue weighted by Crippen LogP contribution is -2.43. The number of hydrogen-bond donors (Lipinski definition) is 2. The largest absolute Gasteiger partial charge is 0.350 e. The fourth-order valence-corrected chi connectivity index (χ4v) is 3.73. The summed E-state index contributed by atoms with van der Waals surface area (Å²) in [6.45, 7) is 0.0821. The average molecular weight is 349 g/mol. The number of carbonyl (C=O) groups excluding carboxylic acids is 3. The highest BCUT2D eigenvalue weighted by atomic mass is 16.2. The van der Waals surface area contributed by atoms with E-state index < -0.39 is 11.6 Å². The van der Waals surface area contributed by atoms with Crippen LogP contribution in [0.25, 0.3) is 0 Å². The molecule has 1 fully saturated rings. The predicted molar refractivity (Wildman–Crippen MR) is 95.0 cm³/mol. The van der Waals surface area contributed by atoms with Crippen LogP contribution < -0.4 is 10.6 Å². The second kappa shape index (κ2) is 6.29. The lowest BCUT2D eigenvalue weighted by atomic mass is 9.92.